The number of anilines is 2. The Morgan fingerprint density at radius 2 is 1.79 bits per heavy atom. The Balaban J connectivity index is 1.61. The van der Waals surface area contributed by atoms with Gasteiger partial charge in [0.2, 0.25) is 17.0 Å². The zero-order valence-corrected chi connectivity index (χ0v) is 19.5. The lowest BCUT2D eigenvalue weighted by atomic mass is 9.95. The van der Waals surface area contributed by atoms with Crippen molar-refractivity contribution < 1.29 is 18.0 Å². The van der Waals surface area contributed by atoms with Crippen molar-refractivity contribution in [2.45, 2.75) is 30.1 Å². The Morgan fingerprint density at radius 1 is 1.15 bits per heavy atom. The van der Waals surface area contributed by atoms with Crippen LogP contribution in [0.1, 0.15) is 29.7 Å². The highest BCUT2D eigenvalue weighted by Crippen LogP contribution is 2.37. The fourth-order valence-electron chi connectivity index (χ4n) is 3.71. The molecule has 2 heterocycles. The van der Waals surface area contributed by atoms with Gasteiger partial charge in [-0.1, -0.05) is 36.0 Å². The third-order valence-electron chi connectivity index (χ3n) is 5.47. The fourth-order valence-corrected chi connectivity index (χ4v) is 4.50. The predicted octanol–water partition coefficient (Wildman–Crippen LogP) is 4.43. The van der Waals surface area contributed by atoms with E-state index in [9.17, 15) is 18.0 Å². The maximum Gasteiger partial charge on any atom is 0.416 e. The fraction of sp³-hybridized carbons (Fsp3) is 0.261. The number of fused-ring (bicyclic) bond motifs is 1. The highest BCUT2D eigenvalue weighted by atomic mass is 32.2. The van der Waals surface area contributed by atoms with E-state index in [-0.39, 0.29) is 0 Å². The van der Waals surface area contributed by atoms with Gasteiger partial charge in [0.15, 0.2) is 0 Å². The first-order valence-corrected chi connectivity index (χ1v) is 11.3. The van der Waals surface area contributed by atoms with Crippen molar-refractivity contribution >= 4 is 29.3 Å². The van der Waals surface area contributed by atoms with E-state index in [1.807, 2.05) is 43.3 Å². The molecule has 1 amide bonds. The molecular weight excluding hydrogens is 465 g/mol. The zero-order chi connectivity index (χ0) is 24.6. The third-order valence-corrected chi connectivity index (χ3v) is 6.38. The van der Waals surface area contributed by atoms with Crippen LogP contribution in [-0.2, 0) is 16.7 Å². The van der Waals surface area contributed by atoms with Gasteiger partial charge < -0.3 is 16.0 Å². The van der Waals surface area contributed by atoms with E-state index in [1.165, 1.54) is 23.9 Å². The number of aromatic nitrogens is 3. The molecule has 0 aliphatic carbocycles. The van der Waals surface area contributed by atoms with Gasteiger partial charge >= 0.3 is 6.18 Å². The van der Waals surface area contributed by atoms with Crippen molar-refractivity contribution in [3.8, 4) is 0 Å². The molecule has 0 fully saturated rings. The largest absolute Gasteiger partial charge is 0.416 e. The van der Waals surface area contributed by atoms with E-state index in [1.54, 1.807) is 11.6 Å². The first-order chi connectivity index (χ1) is 16.0. The number of nitrogens with two attached hydrogens (primary N) is 1. The monoisotopic (exact) mass is 488 g/mol. The number of nitrogens with zero attached hydrogens (tertiary/aromatic N) is 4. The summed E-state index contributed by atoms with van der Waals surface area (Å²) in [5.41, 5.74) is 8.54. The number of primary amides is 1. The average molecular weight is 489 g/mol. The van der Waals surface area contributed by atoms with Gasteiger partial charge in [0.25, 0.3) is 0 Å². The van der Waals surface area contributed by atoms with Gasteiger partial charge in [-0.05, 0) is 42.3 Å². The summed E-state index contributed by atoms with van der Waals surface area (Å²) < 4.78 is 40.0. The van der Waals surface area contributed by atoms with Crippen molar-refractivity contribution in [3.05, 3.63) is 76.5 Å². The molecule has 3 aromatic rings. The third kappa shape index (κ3) is 4.74. The number of thioether (sulfide) groups is 1. The summed E-state index contributed by atoms with van der Waals surface area (Å²) >= 11 is 1.29. The molecule has 178 valence electrons. The molecule has 1 unspecified atom stereocenters. The molecular formula is C23H23F3N6OS. The SMILES string of the molecule is CC1=C(C(N)=O)C(c2ccc(N(C)C)cc2)n2nc(SCc3ccc(C(F)(F)F)cc3)nc2N1. The second-order valence-corrected chi connectivity index (χ2v) is 9.00. The minimum absolute atomic E-state index is 0.384. The summed E-state index contributed by atoms with van der Waals surface area (Å²) in [6, 6.07) is 12.2. The van der Waals surface area contributed by atoms with Gasteiger partial charge in [0.05, 0.1) is 11.1 Å². The molecule has 1 aliphatic rings. The maximum atomic E-state index is 12.8. The van der Waals surface area contributed by atoms with Crippen LogP contribution in [0, 0.1) is 0 Å². The summed E-state index contributed by atoms with van der Waals surface area (Å²) in [7, 11) is 3.88. The Bertz CT molecular complexity index is 1230. The van der Waals surface area contributed by atoms with Crippen LogP contribution in [0.15, 0.2) is 65.0 Å². The highest BCUT2D eigenvalue weighted by Gasteiger charge is 2.33. The van der Waals surface area contributed by atoms with Gasteiger partial charge in [0, 0.05) is 31.2 Å². The summed E-state index contributed by atoms with van der Waals surface area (Å²) in [6.07, 6.45) is -4.37. The van der Waals surface area contributed by atoms with Crippen molar-refractivity contribution in [3.63, 3.8) is 0 Å². The van der Waals surface area contributed by atoms with Gasteiger partial charge in [-0.3, -0.25) is 4.79 Å². The van der Waals surface area contributed by atoms with E-state index < -0.39 is 23.7 Å². The standard InChI is InChI=1S/C23H23F3N6OS/c1-13-18(20(27)33)19(15-6-10-17(11-7-15)31(2)3)32-21(28-13)29-22(30-32)34-12-14-4-8-16(9-5-14)23(24,25)26/h4-11,19H,12H2,1-3H3,(H2,27,33)(H,28,29,30). The maximum absolute atomic E-state index is 12.8. The number of hydrogen-bond donors (Lipinski definition) is 2. The van der Waals surface area contributed by atoms with Crippen molar-refractivity contribution in [2.24, 2.45) is 5.73 Å². The Morgan fingerprint density at radius 3 is 2.35 bits per heavy atom. The molecule has 0 radical (unpaired) electrons. The number of alkyl halides is 3. The highest BCUT2D eigenvalue weighted by molar-refractivity contribution is 7.98. The summed E-state index contributed by atoms with van der Waals surface area (Å²) in [4.78, 5) is 18.8. The minimum Gasteiger partial charge on any atom is -0.378 e. The van der Waals surface area contributed by atoms with E-state index in [0.29, 0.717) is 33.7 Å². The van der Waals surface area contributed by atoms with Crippen LogP contribution in [-0.4, -0.2) is 34.8 Å². The first-order valence-electron chi connectivity index (χ1n) is 10.3. The number of carbonyl (C=O) groups is 1. The normalized spacial score (nSPS) is 15.6. The number of carbonyl (C=O) groups excluding carboxylic acids is 1. The van der Waals surface area contributed by atoms with Crippen LogP contribution < -0.4 is 16.0 Å². The second kappa shape index (κ2) is 9.05. The molecule has 11 heteroatoms. The predicted molar refractivity (Wildman–Crippen MR) is 125 cm³/mol. The lowest BCUT2D eigenvalue weighted by Gasteiger charge is -2.28. The molecule has 0 spiro atoms. The van der Waals surface area contributed by atoms with Crippen LogP contribution >= 0.6 is 11.8 Å². The summed E-state index contributed by atoms with van der Waals surface area (Å²) in [5.74, 6) is 0.282. The zero-order valence-electron chi connectivity index (χ0n) is 18.7. The van der Waals surface area contributed by atoms with Crippen LogP contribution in [0.3, 0.4) is 0 Å². The molecule has 0 saturated heterocycles. The molecule has 1 aliphatic heterocycles. The van der Waals surface area contributed by atoms with E-state index in [0.717, 1.165) is 23.4 Å². The van der Waals surface area contributed by atoms with Crippen molar-refractivity contribution in [2.75, 3.05) is 24.3 Å². The van der Waals surface area contributed by atoms with E-state index in [2.05, 4.69) is 15.4 Å². The van der Waals surface area contributed by atoms with Crippen molar-refractivity contribution in [1.82, 2.24) is 14.8 Å². The van der Waals surface area contributed by atoms with Gasteiger partial charge in [0.1, 0.15) is 6.04 Å². The number of benzene rings is 2. The first kappa shape index (κ1) is 23.7. The minimum atomic E-state index is -4.37. The van der Waals surface area contributed by atoms with E-state index >= 15 is 0 Å². The smallest absolute Gasteiger partial charge is 0.378 e. The molecule has 1 aromatic heterocycles. The summed E-state index contributed by atoms with van der Waals surface area (Å²) in [6.45, 7) is 1.76. The number of hydrogen-bond acceptors (Lipinski definition) is 6. The molecule has 0 bridgehead atoms. The van der Waals surface area contributed by atoms with Crippen LogP contribution in [0.5, 0.6) is 0 Å². The number of allylic oxidation sites excluding steroid dienone is 1. The molecule has 0 saturated carbocycles. The number of halogens is 3. The lowest BCUT2D eigenvalue weighted by molar-refractivity contribution is -0.137. The molecule has 34 heavy (non-hydrogen) atoms. The quantitative estimate of drug-likeness (QED) is 0.499. The van der Waals surface area contributed by atoms with Crippen LogP contribution in [0.2, 0.25) is 0 Å². The average Bonchev–Trinajstić information content (AvgIpc) is 3.18. The molecule has 2 aromatic carbocycles. The van der Waals surface area contributed by atoms with Gasteiger partial charge in [-0.2, -0.15) is 18.2 Å². The number of nitrogens with one attached hydrogen (secondary N) is 1. The Hall–Kier alpha value is -3.47. The van der Waals surface area contributed by atoms with Crippen LogP contribution in [0.4, 0.5) is 24.8 Å². The number of amides is 1. The summed E-state index contributed by atoms with van der Waals surface area (Å²) in [5, 5.41) is 8.09. The molecule has 7 nitrogen and oxygen atoms in total. The molecule has 4 rings (SSSR count). The Kier molecular flexibility index (Phi) is 6.30. The van der Waals surface area contributed by atoms with Gasteiger partial charge in [-0.15, -0.1) is 5.10 Å². The lowest BCUT2D eigenvalue weighted by Crippen LogP contribution is -2.31. The molecule has 3 N–H and O–H groups in total. The van der Waals surface area contributed by atoms with E-state index in [4.69, 9.17) is 5.73 Å². The van der Waals surface area contributed by atoms with Crippen LogP contribution in [0.25, 0.3) is 0 Å². The molecule has 1 atom stereocenters. The number of rotatable bonds is 6. The van der Waals surface area contributed by atoms with Gasteiger partial charge in [-0.25, -0.2) is 4.68 Å². The Labute approximate surface area is 198 Å². The topological polar surface area (TPSA) is 89.1 Å². The van der Waals surface area contributed by atoms with Crippen molar-refractivity contribution in [1.29, 1.82) is 0 Å². The second-order valence-electron chi connectivity index (χ2n) is 8.06.